The van der Waals surface area contributed by atoms with Gasteiger partial charge in [0.15, 0.2) is 0 Å². The van der Waals surface area contributed by atoms with Crippen LogP contribution in [0.15, 0.2) is 18.2 Å². The Balaban J connectivity index is 2.66. The minimum atomic E-state index is -0.353. The van der Waals surface area contributed by atoms with Crippen LogP contribution in [-0.2, 0) is 6.54 Å². The maximum absolute atomic E-state index is 13.4. The summed E-state index contributed by atoms with van der Waals surface area (Å²) < 4.78 is 13.4. The highest BCUT2D eigenvalue weighted by Crippen LogP contribution is 2.10. The van der Waals surface area contributed by atoms with Gasteiger partial charge in [0.25, 0.3) is 0 Å². The minimum absolute atomic E-state index is 0.353. The fraction of sp³-hybridized carbons (Fsp3) is 0.562. The van der Waals surface area contributed by atoms with Crippen molar-refractivity contribution < 1.29 is 4.39 Å². The Bertz CT molecular complexity index is 453. The van der Waals surface area contributed by atoms with Gasteiger partial charge in [-0.1, -0.05) is 13.8 Å². The number of halogens is 1. The number of rotatable bonds is 7. The van der Waals surface area contributed by atoms with Crippen molar-refractivity contribution in [2.75, 3.05) is 20.6 Å². The third kappa shape index (κ3) is 6.14. The van der Waals surface area contributed by atoms with Crippen molar-refractivity contribution in [1.82, 2.24) is 10.2 Å². The predicted molar refractivity (Wildman–Crippen MR) is 79.8 cm³/mol. The van der Waals surface area contributed by atoms with Crippen molar-refractivity contribution in [3.05, 3.63) is 35.1 Å². The standard InChI is InChI=1S/C16H24FN3/c1-12(2)5-16(11-20(3)4)19-10-14-6-13(9-18)7-15(17)8-14/h6-8,12,16,19H,5,10-11H2,1-4H3. The van der Waals surface area contributed by atoms with E-state index in [0.717, 1.165) is 18.5 Å². The summed E-state index contributed by atoms with van der Waals surface area (Å²) in [5.41, 5.74) is 1.18. The van der Waals surface area contributed by atoms with Gasteiger partial charge in [0.2, 0.25) is 0 Å². The van der Waals surface area contributed by atoms with E-state index < -0.39 is 0 Å². The Hall–Kier alpha value is -1.44. The summed E-state index contributed by atoms with van der Waals surface area (Å²) in [5.74, 6) is 0.253. The molecule has 0 spiro atoms. The fourth-order valence-corrected chi connectivity index (χ4v) is 2.31. The number of nitrogens with zero attached hydrogens (tertiary/aromatic N) is 2. The summed E-state index contributed by atoms with van der Waals surface area (Å²) in [5, 5.41) is 12.3. The molecule has 110 valence electrons. The molecule has 1 atom stereocenters. The van der Waals surface area contributed by atoms with Crippen molar-refractivity contribution in [2.45, 2.75) is 32.9 Å². The molecule has 0 aliphatic heterocycles. The Labute approximate surface area is 121 Å². The number of likely N-dealkylation sites (N-methyl/N-ethyl adjacent to an activating group) is 1. The summed E-state index contributed by atoms with van der Waals surface area (Å²) in [6, 6.07) is 6.82. The maximum Gasteiger partial charge on any atom is 0.124 e. The molecule has 0 saturated heterocycles. The van der Waals surface area contributed by atoms with E-state index in [4.69, 9.17) is 5.26 Å². The highest BCUT2D eigenvalue weighted by molar-refractivity contribution is 5.33. The van der Waals surface area contributed by atoms with Crippen LogP contribution >= 0.6 is 0 Å². The minimum Gasteiger partial charge on any atom is -0.309 e. The van der Waals surface area contributed by atoms with Gasteiger partial charge < -0.3 is 10.2 Å². The van der Waals surface area contributed by atoms with E-state index in [1.165, 1.54) is 12.1 Å². The Morgan fingerprint density at radius 3 is 2.55 bits per heavy atom. The largest absolute Gasteiger partial charge is 0.309 e. The number of nitriles is 1. The maximum atomic E-state index is 13.4. The first-order chi connectivity index (χ1) is 9.40. The van der Waals surface area contributed by atoms with Gasteiger partial charge in [-0.3, -0.25) is 0 Å². The average molecular weight is 277 g/mol. The molecule has 0 saturated carbocycles. The number of benzene rings is 1. The molecule has 1 N–H and O–H groups in total. The quantitative estimate of drug-likeness (QED) is 0.833. The molecule has 0 aliphatic rings. The first-order valence-corrected chi connectivity index (χ1v) is 6.98. The molecule has 3 nitrogen and oxygen atoms in total. The van der Waals surface area contributed by atoms with Gasteiger partial charge in [0, 0.05) is 19.1 Å². The molecule has 0 amide bonds. The molecule has 0 aromatic heterocycles. The molecule has 0 bridgehead atoms. The van der Waals surface area contributed by atoms with E-state index in [1.54, 1.807) is 6.07 Å². The lowest BCUT2D eigenvalue weighted by atomic mass is 10.0. The number of hydrogen-bond acceptors (Lipinski definition) is 3. The lowest BCUT2D eigenvalue weighted by Crippen LogP contribution is -2.38. The third-order valence-electron chi connectivity index (χ3n) is 3.02. The molecule has 0 heterocycles. The van der Waals surface area contributed by atoms with Gasteiger partial charge in [-0.25, -0.2) is 4.39 Å². The second-order valence-electron chi connectivity index (χ2n) is 5.93. The first-order valence-electron chi connectivity index (χ1n) is 6.98. The Morgan fingerprint density at radius 1 is 1.30 bits per heavy atom. The molecule has 1 rings (SSSR count). The monoisotopic (exact) mass is 277 g/mol. The van der Waals surface area contributed by atoms with Gasteiger partial charge >= 0.3 is 0 Å². The summed E-state index contributed by atoms with van der Waals surface area (Å²) in [6.45, 7) is 5.91. The lowest BCUT2D eigenvalue weighted by Gasteiger charge is -2.24. The van der Waals surface area contributed by atoms with Crippen LogP contribution in [0.5, 0.6) is 0 Å². The van der Waals surface area contributed by atoms with Crippen LogP contribution in [0.4, 0.5) is 4.39 Å². The predicted octanol–water partition coefficient (Wildman–Crippen LogP) is 2.76. The molecule has 20 heavy (non-hydrogen) atoms. The molecule has 1 unspecified atom stereocenters. The molecular weight excluding hydrogens is 253 g/mol. The Morgan fingerprint density at radius 2 is 2.00 bits per heavy atom. The average Bonchev–Trinajstić information content (AvgIpc) is 2.34. The van der Waals surface area contributed by atoms with Gasteiger partial charge in [-0.15, -0.1) is 0 Å². The molecule has 1 aromatic carbocycles. The van der Waals surface area contributed by atoms with E-state index in [0.29, 0.717) is 24.1 Å². The second kappa shape index (κ2) is 7.98. The van der Waals surface area contributed by atoms with Crippen LogP contribution < -0.4 is 5.32 Å². The van der Waals surface area contributed by atoms with Gasteiger partial charge in [-0.05, 0) is 50.2 Å². The van der Waals surface area contributed by atoms with Gasteiger partial charge in [0.1, 0.15) is 5.82 Å². The van der Waals surface area contributed by atoms with Crippen molar-refractivity contribution in [2.24, 2.45) is 5.92 Å². The zero-order valence-electron chi connectivity index (χ0n) is 12.8. The Kier molecular flexibility index (Phi) is 6.63. The van der Waals surface area contributed by atoms with E-state index in [1.807, 2.05) is 20.2 Å². The zero-order chi connectivity index (χ0) is 15.1. The number of hydrogen-bond donors (Lipinski definition) is 1. The number of nitrogens with one attached hydrogen (secondary N) is 1. The topological polar surface area (TPSA) is 39.1 Å². The normalized spacial score (nSPS) is 12.7. The van der Waals surface area contributed by atoms with Crippen molar-refractivity contribution in [3.63, 3.8) is 0 Å². The summed E-state index contributed by atoms with van der Waals surface area (Å²) in [4.78, 5) is 2.15. The van der Waals surface area contributed by atoms with Crippen molar-refractivity contribution >= 4 is 0 Å². The van der Waals surface area contributed by atoms with E-state index in [2.05, 4.69) is 24.1 Å². The van der Waals surface area contributed by atoms with Crippen LogP contribution in [0.1, 0.15) is 31.4 Å². The van der Waals surface area contributed by atoms with Crippen LogP contribution in [0.25, 0.3) is 0 Å². The van der Waals surface area contributed by atoms with Crippen molar-refractivity contribution in [3.8, 4) is 6.07 Å². The zero-order valence-corrected chi connectivity index (χ0v) is 12.8. The highest BCUT2D eigenvalue weighted by atomic mass is 19.1. The fourth-order valence-electron chi connectivity index (χ4n) is 2.31. The molecule has 4 heteroatoms. The van der Waals surface area contributed by atoms with E-state index >= 15 is 0 Å². The van der Waals surface area contributed by atoms with Crippen LogP contribution in [0.3, 0.4) is 0 Å². The summed E-state index contributed by atoms with van der Waals surface area (Å²) >= 11 is 0. The molecular formula is C16H24FN3. The lowest BCUT2D eigenvalue weighted by molar-refractivity contribution is 0.305. The summed E-state index contributed by atoms with van der Waals surface area (Å²) in [7, 11) is 4.09. The van der Waals surface area contributed by atoms with Gasteiger partial charge in [0.05, 0.1) is 11.6 Å². The molecule has 0 radical (unpaired) electrons. The third-order valence-corrected chi connectivity index (χ3v) is 3.02. The van der Waals surface area contributed by atoms with Crippen LogP contribution in [0, 0.1) is 23.1 Å². The molecule has 1 aromatic rings. The first kappa shape index (κ1) is 16.6. The van der Waals surface area contributed by atoms with E-state index in [9.17, 15) is 4.39 Å². The second-order valence-corrected chi connectivity index (χ2v) is 5.93. The van der Waals surface area contributed by atoms with Crippen LogP contribution in [-0.4, -0.2) is 31.6 Å². The van der Waals surface area contributed by atoms with Crippen LogP contribution in [0.2, 0.25) is 0 Å². The van der Waals surface area contributed by atoms with Crippen molar-refractivity contribution in [1.29, 1.82) is 5.26 Å². The highest BCUT2D eigenvalue weighted by Gasteiger charge is 2.12. The summed E-state index contributed by atoms with van der Waals surface area (Å²) in [6.07, 6.45) is 1.07. The molecule has 0 aliphatic carbocycles. The smallest absolute Gasteiger partial charge is 0.124 e. The van der Waals surface area contributed by atoms with E-state index in [-0.39, 0.29) is 5.82 Å². The SMILES string of the molecule is CC(C)CC(CN(C)C)NCc1cc(F)cc(C#N)c1. The van der Waals surface area contributed by atoms with Gasteiger partial charge in [-0.2, -0.15) is 5.26 Å². The molecule has 0 fully saturated rings.